The van der Waals surface area contributed by atoms with E-state index in [0.717, 1.165) is 16.5 Å². The van der Waals surface area contributed by atoms with Crippen LogP contribution < -0.4 is 29.9 Å². The lowest BCUT2D eigenvalue weighted by molar-refractivity contribution is -0.121. The summed E-state index contributed by atoms with van der Waals surface area (Å²) in [4.78, 5) is 30.0. The molecule has 3 aromatic carbocycles. The lowest BCUT2D eigenvalue weighted by Gasteiger charge is -2.22. The van der Waals surface area contributed by atoms with E-state index in [0.29, 0.717) is 35.4 Å². The highest BCUT2D eigenvalue weighted by Gasteiger charge is 2.35. The summed E-state index contributed by atoms with van der Waals surface area (Å²) < 4.78 is 28.0. The third-order valence-corrected chi connectivity index (χ3v) is 7.34. The van der Waals surface area contributed by atoms with Crippen molar-refractivity contribution in [2.75, 3.05) is 27.6 Å². The van der Waals surface area contributed by atoms with Gasteiger partial charge < -0.3 is 38.8 Å². The zero-order valence-corrected chi connectivity index (χ0v) is 22.5. The maximum Gasteiger partial charge on any atom is 0.343 e. The molecule has 0 saturated heterocycles. The normalized spacial score (nSPS) is 12.9. The number of benzene rings is 3. The van der Waals surface area contributed by atoms with Gasteiger partial charge in [0.05, 0.1) is 25.2 Å². The van der Waals surface area contributed by atoms with E-state index in [1.807, 2.05) is 30.5 Å². The average Bonchev–Trinajstić information content (AvgIpc) is 3.64. The summed E-state index contributed by atoms with van der Waals surface area (Å²) in [5.74, 6) is -0.333. The highest BCUT2D eigenvalue weighted by Crippen LogP contribution is 2.53. The zero-order chi connectivity index (χ0) is 28.5. The SMILES string of the molecule is COc1cc([C@@H](CC(=O)NCCc2c[nH]c3ccccc23)c2c(O)c3ccccc3oc2=O)c(OC)c2c1OCO2. The van der Waals surface area contributed by atoms with Crippen molar-refractivity contribution in [1.29, 1.82) is 0 Å². The minimum atomic E-state index is -0.970. The van der Waals surface area contributed by atoms with E-state index >= 15 is 0 Å². The zero-order valence-electron chi connectivity index (χ0n) is 22.5. The van der Waals surface area contributed by atoms with Gasteiger partial charge in [0, 0.05) is 41.5 Å². The van der Waals surface area contributed by atoms with Crippen molar-refractivity contribution in [3.63, 3.8) is 0 Å². The van der Waals surface area contributed by atoms with E-state index in [2.05, 4.69) is 10.3 Å². The maximum atomic E-state index is 13.4. The minimum absolute atomic E-state index is 0.0478. The molecule has 5 aromatic rings. The molecule has 210 valence electrons. The summed E-state index contributed by atoms with van der Waals surface area (Å²) in [5, 5.41) is 15.7. The number of hydrogen-bond donors (Lipinski definition) is 3. The summed E-state index contributed by atoms with van der Waals surface area (Å²) in [6.07, 6.45) is 2.34. The third-order valence-electron chi connectivity index (χ3n) is 7.34. The molecule has 3 heterocycles. The highest BCUT2D eigenvalue weighted by atomic mass is 16.7. The van der Waals surface area contributed by atoms with Crippen molar-refractivity contribution in [1.82, 2.24) is 10.3 Å². The predicted octanol–water partition coefficient (Wildman–Crippen LogP) is 4.61. The molecular formula is C31H28N2O8. The Morgan fingerprint density at radius 1 is 1.05 bits per heavy atom. The third kappa shape index (κ3) is 4.67. The first-order chi connectivity index (χ1) is 20.0. The smallest absolute Gasteiger partial charge is 0.343 e. The van der Waals surface area contributed by atoms with Gasteiger partial charge in [0.1, 0.15) is 11.3 Å². The van der Waals surface area contributed by atoms with Crippen LogP contribution in [0.5, 0.6) is 28.7 Å². The number of para-hydroxylation sites is 2. The van der Waals surface area contributed by atoms with Crippen LogP contribution in [0.1, 0.15) is 29.0 Å². The Morgan fingerprint density at radius 3 is 2.61 bits per heavy atom. The fourth-order valence-corrected chi connectivity index (χ4v) is 5.41. The summed E-state index contributed by atoms with van der Waals surface area (Å²) in [6.45, 7) is 0.321. The molecule has 0 aliphatic carbocycles. The molecule has 2 aromatic heterocycles. The summed E-state index contributed by atoms with van der Waals surface area (Å²) in [6, 6.07) is 16.3. The summed E-state index contributed by atoms with van der Waals surface area (Å²) in [7, 11) is 2.93. The van der Waals surface area contributed by atoms with Gasteiger partial charge in [-0.05, 0) is 36.2 Å². The lowest BCUT2D eigenvalue weighted by atomic mass is 9.86. The van der Waals surface area contributed by atoms with E-state index in [1.54, 1.807) is 30.3 Å². The van der Waals surface area contributed by atoms with Crippen molar-refractivity contribution in [3.05, 3.63) is 87.9 Å². The molecule has 1 amide bonds. The Balaban J connectivity index is 1.38. The van der Waals surface area contributed by atoms with Crippen LogP contribution >= 0.6 is 0 Å². The molecule has 0 bridgehead atoms. The topological polar surface area (TPSA) is 132 Å². The molecule has 41 heavy (non-hydrogen) atoms. The number of aromatic hydroxyl groups is 1. The second-order valence-corrected chi connectivity index (χ2v) is 9.63. The van der Waals surface area contributed by atoms with Gasteiger partial charge >= 0.3 is 5.63 Å². The van der Waals surface area contributed by atoms with Crippen molar-refractivity contribution in [2.45, 2.75) is 18.8 Å². The fourth-order valence-electron chi connectivity index (χ4n) is 5.41. The molecule has 0 radical (unpaired) electrons. The molecule has 1 atom stereocenters. The van der Waals surface area contributed by atoms with Gasteiger partial charge in [-0.1, -0.05) is 30.3 Å². The first kappa shape index (κ1) is 26.1. The first-order valence-corrected chi connectivity index (χ1v) is 13.1. The second kappa shape index (κ2) is 10.8. The van der Waals surface area contributed by atoms with Crippen LogP contribution in [0.3, 0.4) is 0 Å². The van der Waals surface area contributed by atoms with Gasteiger partial charge in [-0.25, -0.2) is 4.79 Å². The van der Waals surface area contributed by atoms with Gasteiger partial charge in [0.15, 0.2) is 11.5 Å². The van der Waals surface area contributed by atoms with Crippen LogP contribution in [0, 0.1) is 0 Å². The fraction of sp³-hybridized carbons (Fsp3) is 0.226. The molecule has 1 aliphatic rings. The van der Waals surface area contributed by atoms with E-state index in [1.165, 1.54) is 14.2 Å². The van der Waals surface area contributed by atoms with Crippen LogP contribution in [-0.2, 0) is 11.2 Å². The van der Waals surface area contributed by atoms with Gasteiger partial charge in [0.2, 0.25) is 24.2 Å². The van der Waals surface area contributed by atoms with Crippen molar-refractivity contribution >= 4 is 27.8 Å². The Hall–Kier alpha value is -5.12. The number of hydrogen-bond acceptors (Lipinski definition) is 8. The number of H-pyrrole nitrogens is 1. The second-order valence-electron chi connectivity index (χ2n) is 9.63. The van der Waals surface area contributed by atoms with Crippen molar-refractivity contribution in [2.24, 2.45) is 0 Å². The van der Waals surface area contributed by atoms with E-state index in [9.17, 15) is 14.7 Å². The molecule has 0 saturated carbocycles. The number of aromatic nitrogens is 1. The lowest BCUT2D eigenvalue weighted by Crippen LogP contribution is -2.28. The number of carbonyl (C=O) groups is 1. The number of amides is 1. The van der Waals surface area contributed by atoms with Crippen LogP contribution in [0.25, 0.3) is 21.9 Å². The Morgan fingerprint density at radius 2 is 1.80 bits per heavy atom. The number of aromatic amines is 1. The summed E-state index contributed by atoms with van der Waals surface area (Å²) in [5.41, 5.74) is 1.89. The van der Waals surface area contributed by atoms with Gasteiger partial charge in [-0.3, -0.25) is 4.79 Å². The highest BCUT2D eigenvalue weighted by molar-refractivity contribution is 5.86. The monoisotopic (exact) mass is 556 g/mol. The molecular weight excluding hydrogens is 528 g/mol. The Labute approximate surface area is 234 Å². The number of nitrogens with one attached hydrogen (secondary N) is 2. The number of rotatable bonds is 9. The largest absolute Gasteiger partial charge is 0.507 e. The number of ether oxygens (including phenoxy) is 4. The van der Waals surface area contributed by atoms with Crippen LogP contribution in [0.4, 0.5) is 0 Å². The predicted molar refractivity (Wildman–Crippen MR) is 151 cm³/mol. The van der Waals surface area contributed by atoms with E-state index < -0.39 is 11.5 Å². The molecule has 0 fully saturated rings. The van der Waals surface area contributed by atoms with Gasteiger partial charge in [0.25, 0.3) is 0 Å². The molecule has 6 rings (SSSR count). The minimum Gasteiger partial charge on any atom is -0.507 e. The van der Waals surface area contributed by atoms with Crippen molar-refractivity contribution < 1.29 is 33.3 Å². The molecule has 3 N–H and O–H groups in total. The molecule has 1 aliphatic heterocycles. The first-order valence-electron chi connectivity index (χ1n) is 13.1. The van der Waals surface area contributed by atoms with Crippen LogP contribution in [0.15, 0.2) is 70.0 Å². The Kier molecular flexibility index (Phi) is 6.88. The summed E-state index contributed by atoms with van der Waals surface area (Å²) >= 11 is 0. The quantitative estimate of drug-likeness (QED) is 0.224. The average molecular weight is 557 g/mol. The Bertz CT molecular complexity index is 1820. The molecule has 0 spiro atoms. The number of fused-ring (bicyclic) bond motifs is 3. The van der Waals surface area contributed by atoms with E-state index in [-0.39, 0.29) is 47.5 Å². The van der Waals surface area contributed by atoms with Crippen LogP contribution in [0.2, 0.25) is 0 Å². The molecule has 10 nitrogen and oxygen atoms in total. The molecule has 10 heteroatoms. The van der Waals surface area contributed by atoms with Crippen molar-refractivity contribution in [3.8, 4) is 28.7 Å². The molecule has 0 unspecified atom stereocenters. The maximum absolute atomic E-state index is 13.4. The van der Waals surface area contributed by atoms with Gasteiger partial charge in [-0.15, -0.1) is 0 Å². The number of carbonyl (C=O) groups excluding carboxylic acids is 1. The van der Waals surface area contributed by atoms with Gasteiger partial charge in [-0.2, -0.15) is 0 Å². The standard InChI is InChI=1S/C31H28N2O8/c1-37-24-13-21(28(38-2)30-29(24)39-16-40-30)20(26-27(35)19-8-4-6-10-23(19)41-31(26)36)14-25(34)32-12-11-17-15-33-22-9-5-3-7-18(17)22/h3-10,13,15,20,33,35H,11-12,14,16H2,1-2H3,(H,32,34)/t20-/m1/s1. The van der Waals surface area contributed by atoms with Crippen LogP contribution in [-0.4, -0.2) is 43.6 Å². The van der Waals surface area contributed by atoms with E-state index in [4.69, 9.17) is 23.4 Å². The number of methoxy groups -OCH3 is 2.